The molecule has 0 amide bonds. The first-order valence-corrected chi connectivity index (χ1v) is 7.44. The van der Waals surface area contributed by atoms with Crippen LogP contribution in [0.3, 0.4) is 0 Å². The lowest BCUT2D eigenvalue weighted by molar-refractivity contribution is -0.144. The fourth-order valence-electron chi connectivity index (χ4n) is 1.69. The van der Waals surface area contributed by atoms with Crippen LogP contribution in [-0.2, 0) is 4.79 Å². The van der Waals surface area contributed by atoms with E-state index in [4.69, 9.17) is 0 Å². The summed E-state index contributed by atoms with van der Waals surface area (Å²) < 4.78 is 1.64. The van der Waals surface area contributed by atoms with Crippen molar-refractivity contribution in [2.24, 2.45) is 0 Å². The minimum atomic E-state index is -0.946. The molecule has 0 fully saturated rings. The smallest absolute Gasteiger partial charge is 0.323 e. The number of aromatic nitrogens is 4. The van der Waals surface area contributed by atoms with E-state index in [9.17, 15) is 9.90 Å². The number of tetrazole rings is 1. The highest BCUT2D eigenvalue weighted by Crippen LogP contribution is 2.21. The Morgan fingerprint density at radius 1 is 1.43 bits per heavy atom. The van der Waals surface area contributed by atoms with E-state index in [0.717, 1.165) is 5.69 Å². The molecule has 1 aromatic carbocycles. The van der Waals surface area contributed by atoms with Gasteiger partial charge < -0.3 is 10.4 Å². The molecular formula is C13H17N5O2S. The second-order valence-electron chi connectivity index (χ2n) is 4.69. The molecule has 2 aromatic rings. The molecule has 1 unspecified atom stereocenters. The van der Waals surface area contributed by atoms with Crippen molar-refractivity contribution in [3.8, 4) is 5.69 Å². The number of para-hydroxylation sites is 1. The molecule has 1 atom stereocenters. The van der Waals surface area contributed by atoms with Crippen LogP contribution in [-0.4, -0.2) is 49.6 Å². The normalized spacial score (nSPS) is 13.8. The zero-order valence-electron chi connectivity index (χ0n) is 11.9. The maximum atomic E-state index is 11.2. The molecule has 0 aliphatic rings. The van der Waals surface area contributed by atoms with Crippen LogP contribution in [0.25, 0.3) is 5.69 Å². The highest BCUT2D eigenvalue weighted by atomic mass is 32.2. The third kappa shape index (κ3) is 3.59. The van der Waals surface area contributed by atoms with E-state index >= 15 is 0 Å². The number of likely N-dealkylation sites (N-methyl/N-ethyl adjacent to an activating group) is 1. The standard InChI is InChI=1S/C13H17N5O2S/c1-13(14-2,11(19)20)8-9-21-12-15-16-17-18(12)10-6-4-3-5-7-10/h3-7,14H,8-9H2,1-2H3,(H,19,20). The lowest BCUT2D eigenvalue weighted by Crippen LogP contribution is -2.47. The Morgan fingerprint density at radius 2 is 2.14 bits per heavy atom. The Hall–Kier alpha value is -1.93. The topological polar surface area (TPSA) is 92.9 Å². The molecule has 0 spiro atoms. The van der Waals surface area contributed by atoms with Gasteiger partial charge in [-0.15, -0.1) is 5.10 Å². The average molecular weight is 307 g/mol. The molecule has 1 aromatic heterocycles. The molecule has 0 aliphatic heterocycles. The summed E-state index contributed by atoms with van der Waals surface area (Å²) in [7, 11) is 1.65. The molecule has 0 bridgehead atoms. The largest absolute Gasteiger partial charge is 0.480 e. The van der Waals surface area contributed by atoms with Crippen molar-refractivity contribution in [3.05, 3.63) is 30.3 Å². The molecular weight excluding hydrogens is 290 g/mol. The van der Waals surface area contributed by atoms with Crippen molar-refractivity contribution in [1.82, 2.24) is 25.5 Å². The number of carboxylic acids is 1. The van der Waals surface area contributed by atoms with Gasteiger partial charge in [0.25, 0.3) is 0 Å². The van der Waals surface area contributed by atoms with Gasteiger partial charge in [0.15, 0.2) is 0 Å². The number of hydrogen-bond acceptors (Lipinski definition) is 6. The minimum Gasteiger partial charge on any atom is -0.480 e. The summed E-state index contributed by atoms with van der Waals surface area (Å²) in [6.45, 7) is 1.66. The quantitative estimate of drug-likeness (QED) is 0.743. The van der Waals surface area contributed by atoms with Gasteiger partial charge in [0.2, 0.25) is 5.16 Å². The number of thioether (sulfide) groups is 1. The summed E-state index contributed by atoms with van der Waals surface area (Å²) in [5.74, 6) is -0.273. The van der Waals surface area contributed by atoms with Gasteiger partial charge in [0, 0.05) is 5.75 Å². The van der Waals surface area contributed by atoms with Gasteiger partial charge >= 0.3 is 5.97 Å². The van der Waals surface area contributed by atoms with Crippen LogP contribution < -0.4 is 5.32 Å². The predicted molar refractivity (Wildman–Crippen MR) is 79.6 cm³/mol. The van der Waals surface area contributed by atoms with Crippen molar-refractivity contribution in [3.63, 3.8) is 0 Å². The Labute approximate surface area is 126 Å². The average Bonchev–Trinajstić information content (AvgIpc) is 2.96. The predicted octanol–water partition coefficient (Wildman–Crippen LogP) is 1.21. The van der Waals surface area contributed by atoms with Gasteiger partial charge in [-0.05, 0) is 43.0 Å². The zero-order chi connectivity index (χ0) is 15.3. The van der Waals surface area contributed by atoms with Crippen molar-refractivity contribution in [2.45, 2.75) is 24.0 Å². The fourth-order valence-corrected chi connectivity index (χ4v) is 2.74. The zero-order valence-corrected chi connectivity index (χ0v) is 12.7. The molecule has 1 heterocycles. The fraction of sp³-hybridized carbons (Fsp3) is 0.385. The minimum absolute atomic E-state index is 0.463. The highest BCUT2D eigenvalue weighted by Gasteiger charge is 2.30. The Kier molecular flexibility index (Phi) is 4.92. The molecule has 0 aliphatic carbocycles. The van der Waals surface area contributed by atoms with Crippen molar-refractivity contribution in [1.29, 1.82) is 0 Å². The Bertz CT molecular complexity index is 604. The summed E-state index contributed by atoms with van der Waals surface area (Å²) in [5, 5.41) is 24.3. The first-order chi connectivity index (χ1) is 10.1. The van der Waals surface area contributed by atoms with E-state index in [2.05, 4.69) is 20.8 Å². The van der Waals surface area contributed by atoms with Gasteiger partial charge in [0.05, 0.1) is 5.69 Å². The second-order valence-corrected chi connectivity index (χ2v) is 5.76. The van der Waals surface area contributed by atoms with Crippen LogP contribution in [0.15, 0.2) is 35.5 Å². The van der Waals surface area contributed by atoms with E-state index in [-0.39, 0.29) is 0 Å². The molecule has 0 saturated carbocycles. The lowest BCUT2D eigenvalue weighted by atomic mass is 10.00. The maximum Gasteiger partial charge on any atom is 0.323 e. The summed E-state index contributed by atoms with van der Waals surface area (Å²) in [6.07, 6.45) is 0.463. The second kappa shape index (κ2) is 6.68. The van der Waals surface area contributed by atoms with Crippen LogP contribution >= 0.6 is 11.8 Å². The third-order valence-corrected chi connectivity index (χ3v) is 4.22. The van der Waals surface area contributed by atoms with Gasteiger partial charge in [-0.2, -0.15) is 4.68 Å². The van der Waals surface area contributed by atoms with Gasteiger partial charge in [-0.25, -0.2) is 0 Å². The molecule has 8 heteroatoms. The first-order valence-electron chi connectivity index (χ1n) is 6.46. The van der Waals surface area contributed by atoms with Gasteiger partial charge in [0.1, 0.15) is 5.54 Å². The van der Waals surface area contributed by atoms with Crippen LogP contribution in [0.4, 0.5) is 0 Å². The molecule has 7 nitrogen and oxygen atoms in total. The Balaban J connectivity index is 2.03. The van der Waals surface area contributed by atoms with Gasteiger partial charge in [-0.3, -0.25) is 4.79 Å². The van der Waals surface area contributed by atoms with Crippen LogP contribution in [0, 0.1) is 0 Å². The van der Waals surface area contributed by atoms with Crippen LogP contribution in [0.5, 0.6) is 0 Å². The van der Waals surface area contributed by atoms with Crippen LogP contribution in [0.2, 0.25) is 0 Å². The Morgan fingerprint density at radius 3 is 2.76 bits per heavy atom. The number of nitrogens with one attached hydrogen (secondary N) is 1. The first kappa shape index (κ1) is 15.5. The number of carbonyl (C=O) groups is 1. The summed E-state index contributed by atoms with van der Waals surface area (Å²) in [5.41, 5.74) is -0.0718. The molecule has 112 valence electrons. The van der Waals surface area contributed by atoms with Crippen molar-refractivity contribution in [2.75, 3.05) is 12.8 Å². The van der Waals surface area contributed by atoms with E-state index in [1.165, 1.54) is 11.8 Å². The van der Waals surface area contributed by atoms with Crippen molar-refractivity contribution < 1.29 is 9.90 Å². The maximum absolute atomic E-state index is 11.2. The van der Waals surface area contributed by atoms with E-state index in [0.29, 0.717) is 17.3 Å². The molecule has 2 rings (SSSR count). The molecule has 0 saturated heterocycles. The number of carboxylic acid groups (broad SMARTS) is 1. The summed E-state index contributed by atoms with van der Waals surface area (Å²) in [6, 6.07) is 9.57. The number of aliphatic carboxylic acids is 1. The highest BCUT2D eigenvalue weighted by molar-refractivity contribution is 7.99. The lowest BCUT2D eigenvalue weighted by Gasteiger charge is -2.23. The van der Waals surface area contributed by atoms with Gasteiger partial charge in [-0.1, -0.05) is 30.0 Å². The molecule has 0 radical (unpaired) electrons. The molecule has 21 heavy (non-hydrogen) atoms. The number of rotatable bonds is 7. The summed E-state index contributed by atoms with van der Waals surface area (Å²) >= 11 is 1.43. The van der Waals surface area contributed by atoms with E-state index < -0.39 is 11.5 Å². The number of hydrogen-bond donors (Lipinski definition) is 2. The number of benzene rings is 1. The van der Waals surface area contributed by atoms with Crippen molar-refractivity contribution >= 4 is 17.7 Å². The molecule has 2 N–H and O–H groups in total. The monoisotopic (exact) mass is 307 g/mol. The SMILES string of the molecule is CNC(C)(CCSc1nnnn1-c1ccccc1)C(=O)O. The third-order valence-electron chi connectivity index (χ3n) is 3.30. The van der Waals surface area contributed by atoms with Crippen LogP contribution in [0.1, 0.15) is 13.3 Å². The van der Waals surface area contributed by atoms with E-state index in [1.54, 1.807) is 18.7 Å². The van der Waals surface area contributed by atoms with E-state index in [1.807, 2.05) is 30.3 Å². The number of nitrogens with zero attached hydrogens (tertiary/aromatic N) is 4. The summed E-state index contributed by atoms with van der Waals surface area (Å²) in [4.78, 5) is 11.2.